The molecule has 4 heteroatoms. The van der Waals surface area contributed by atoms with Crippen LogP contribution in [-0.4, -0.2) is 41.7 Å². The number of aromatic carboxylic acids is 1. The third-order valence-electron chi connectivity index (χ3n) is 4.64. The van der Waals surface area contributed by atoms with Gasteiger partial charge < -0.3 is 15.3 Å². The van der Waals surface area contributed by atoms with Crippen LogP contribution in [0, 0.1) is 12.8 Å². The van der Waals surface area contributed by atoms with Crippen LogP contribution in [0.2, 0.25) is 0 Å². The fourth-order valence-corrected chi connectivity index (χ4v) is 3.09. The number of rotatable bonds is 5. The van der Waals surface area contributed by atoms with Crippen LogP contribution >= 0.6 is 0 Å². The normalized spacial score (nSPS) is 18.4. The van der Waals surface area contributed by atoms with Gasteiger partial charge in [-0.25, -0.2) is 4.79 Å². The molecule has 0 bridgehead atoms. The van der Waals surface area contributed by atoms with Crippen LogP contribution in [0.1, 0.15) is 42.6 Å². The molecule has 1 atom stereocenters. The number of likely N-dealkylation sites (tertiary alicyclic amines) is 1. The molecule has 1 aliphatic heterocycles. The van der Waals surface area contributed by atoms with Gasteiger partial charge in [0.05, 0.1) is 5.56 Å². The van der Waals surface area contributed by atoms with Gasteiger partial charge in [0.1, 0.15) is 0 Å². The van der Waals surface area contributed by atoms with Gasteiger partial charge in [-0.05, 0) is 76.0 Å². The van der Waals surface area contributed by atoms with E-state index in [4.69, 9.17) is 5.11 Å². The van der Waals surface area contributed by atoms with Crippen molar-refractivity contribution in [2.24, 2.45) is 5.92 Å². The average Bonchev–Trinajstić information content (AvgIpc) is 2.49. The van der Waals surface area contributed by atoms with Gasteiger partial charge >= 0.3 is 5.97 Å². The summed E-state index contributed by atoms with van der Waals surface area (Å²) >= 11 is 0. The second-order valence-corrected chi connectivity index (χ2v) is 6.04. The van der Waals surface area contributed by atoms with E-state index in [1.165, 1.54) is 25.9 Å². The molecule has 2 N–H and O–H groups in total. The molecular formula is C17H26N2O2. The highest BCUT2D eigenvalue weighted by molar-refractivity contribution is 5.88. The third-order valence-corrected chi connectivity index (χ3v) is 4.64. The van der Waals surface area contributed by atoms with Gasteiger partial charge in [0.25, 0.3) is 0 Å². The Kier molecular flexibility index (Phi) is 5.23. The molecule has 21 heavy (non-hydrogen) atoms. The van der Waals surface area contributed by atoms with Gasteiger partial charge in [-0.3, -0.25) is 0 Å². The van der Waals surface area contributed by atoms with E-state index >= 15 is 0 Å². The third kappa shape index (κ3) is 3.97. The van der Waals surface area contributed by atoms with Crippen molar-refractivity contribution in [3.05, 3.63) is 29.3 Å². The van der Waals surface area contributed by atoms with Gasteiger partial charge in [0.15, 0.2) is 0 Å². The number of nitrogens with zero attached hydrogens (tertiary/aromatic N) is 1. The first-order chi connectivity index (χ1) is 10.0. The molecule has 1 heterocycles. The molecular weight excluding hydrogens is 264 g/mol. The highest BCUT2D eigenvalue weighted by Crippen LogP contribution is 2.25. The van der Waals surface area contributed by atoms with E-state index in [-0.39, 0.29) is 0 Å². The SMILES string of the molecule is CCN1CCC(C(C)Nc2ccc(C(=O)O)cc2C)CC1. The van der Waals surface area contributed by atoms with Gasteiger partial charge in [-0.1, -0.05) is 6.92 Å². The molecule has 0 aliphatic carbocycles. The van der Waals surface area contributed by atoms with Crippen LogP contribution in [0.25, 0.3) is 0 Å². The number of aryl methyl sites for hydroxylation is 1. The Morgan fingerprint density at radius 2 is 2.10 bits per heavy atom. The molecule has 2 rings (SSSR count). The second kappa shape index (κ2) is 6.94. The number of benzene rings is 1. The predicted molar refractivity (Wildman–Crippen MR) is 86.1 cm³/mol. The largest absolute Gasteiger partial charge is 0.478 e. The Labute approximate surface area is 127 Å². The monoisotopic (exact) mass is 290 g/mol. The van der Waals surface area contributed by atoms with Crippen LogP contribution in [0.4, 0.5) is 5.69 Å². The summed E-state index contributed by atoms with van der Waals surface area (Å²) in [6.45, 7) is 9.92. The van der Waals surface area contributed by atoms with Crippen LogP contribution in [0.5, 0.6) is 0 Å². The molecule has 4 nitrogen and oxygen atoms in total. The first-order valence-corrected chi connectivity index (χ1v) is 7.84. The van der Waals surface area contributed by atoms with E-state index in [0.717, 1.165) is 17.8 Å². The minimum absolute atomic E-state index is 0.349. The molecule has 1 fully saturated rings. The predicted octanol–water partition coefficient (Wildman–Crippen LogP) is 3.23. The zero-order valence-electron chi connectivity index (χ0n) is 13.2. The second-order valence-electron chi connectivity index (χ2n) is 6.04. The summed E-state index contributed by atoms with van der Waals surface area (Å²) in [7, 11) is 0. The summed E-state index contributed by atoms with van der Waals surface area (Å²) in [6.07, 6.45) is 2.46. The molecule has 1 saturated heterocycles. The Morgan fingerprint density at radius 1 is 1.43 bits per heavy atom. The first kappa shape index (κ1) is 15.8. The Balaban J connectivity index is 1.96. The number of nitrogens with one attached hydrogen (secondary N) is 1. The molecule has 0 radical (unpaired) electrons. The van der Waals surface area contributed by atoms with E-state index in [1.54, 1.807) is 12.1 Å². The molecule has 0 spiro atoms. The standard InChI is InChI=1S/C17H26N2O2/c1-4-19-9-7-14(8-10-19)13(3)18-16-6-5-15(17(20)21)11-12(16)2/h5-6,11,13-14,18H,4,7-10H2,1-3H3,(H,20,21). The summed E-state index contributed by atoms with van der Waals surface area (Å²) in [5, 5.41) is 12.6. The Bertz CT molecular complexity index is 494. The Morgan fingerprint density at radius 3 is 2.62 bits per heavy atom. The smallest absolute Gasteiger partial charge is 0.335 e. The maximum atomic E-state index is 11.0. The molecule has 0 aromatic heterocycles. The van der Waals surface area contributed by atoms with Crippen molar-refractivity contribution in [2.45, 2.75) is 39.7 Å². The summed E-state index contributed by atoms with van der Waals surface area (Å²) in [4.78, 5) is 13.5. The number of carboxylic acid groups (broad SMARTS) is 1. The fraction of sp³-hybridized carbons (Fsp3) is 0.588. The van der Waals surface area contributed by atoms with E-state index in [1.807, 2.05) is 13.0 Å². The summed E-state index contributed by atoms with van der Waals surface area (Å²) in [5.74, 6) is -0.184. The lowest BCUT2D eigenvalue weighted by Crippen LogP contribution is -2.39. The molecule has 1 aliphatic rings. The number of carboxylic acids is 1. The van der Waals surface area contributed by atoms with E-state index in [2.05, 4.69) is 24.1 Å². The summed E-state index contributed by atoms with van der Waals surface area (Å²) in [5.41, 5.74) is 2.39. The summed E-state index contributed by atoms with van der Waals surface area (Å²) < 4.78 is 0. The molecule has 0 saturated carbocycles. The lowest BCUT2D eigenvalue weighted by Gasteiger charge is -2.35. The number of hydrogen-bond donors (Lipinski definition) is 2. The van der Waals surface area contributed by atoms with Crippen LogP contribution in [-0.2, 0) is 0 Å². The average molecular weight is 290 g/mol. The fourth-order valence-electron chi connectivity index (χ4n) is 3.09. The Hall–Kier alpha value is -1.55. The van der Waals surface area contributed by atoms with Crippen molar-refractivity contribution in [1.82, 2.24) is 4.90 Å². The van der Waals surface area contributed by atoms with Crippen LogP contribution in [0.15, 0.2) is 18.2 Å². The van der Waals surface area contributed by atoms with Crippen molar-refractivity contribution < 1.29 is 9.90 Å². The highest BCUT2D eigenvalue weighted by atomic mass is 16.4. The van der Waals surface area contributed by atoms with Crippen molar-refractivity contribution in [3.8, 4) is 0 Å². The number of carbonyl (C=O) groups is 1. The van der Waals surface area contributed by atoms with E-state index in [9.17, 15) is 4.79 Å². The zero-order chi connectivity index (χ0) is 15.4. The number of hydrogen-bond acceptors (Lipinski definition) is 3. The van der Waals surface area contributed by atoms with Gasteiger partial charge in [0, 0.05) is 11.7 Å². The van der Waals surface area contributed by atoms with Gasteiger partial charge in [0.2, 0.25) is 0 Å². The van der Waals surface area contributed by atoms with Crippen LogP contribution < -0.4 is 5.32 Å². The van der Waals surface area contributed by atoms with E-state index in [0.29, 0.717) is 17.5 Å². The van der Waals surface area contributed by atoms with E-state index < -0.39 is 5.97 Å². The zero-order valence-corrected chi connectivity index (χ0v) is 13.2. The summed E-state index contributed by atoms with van der Waals surface area (Å²) in [6, 6.07) is 5.70. The van der Waals surface area contributed by atoms with Gasteiger partial charge in [-0.15, -0.1) is 0 Å². The molecule has 1 unspecified atom stereocenters. The van der Waals surface area contributed by atoms with Gasteiger partial charge in [-0.2, -0.15) is 0 Å². The molecule has 0 amide bonds. The number of anilines is 1. The lowest BCUT2D eigenvalue weighted by atomic mass is 9.90. The molecule has 116 valence electrons. The highest BCUT2D eigenvalue weighted by Gasteiger charge is 2.23. The maximum absolute atomic E-state index is 11.0. The maximum Gasteiger partial charge on any atom is 0.335 e. The minimum atomic E-state index is -0.871. The quantitative estimate of drug-likeness (QED) is 0.874. The number of piperidine rings is 1. The van der Waals surface area contributed by atoms with Crippen molar-refractivity contribution in [2.75, 3.05) is 25.0 Å². The van der Waals surface area contributed by atoms with Crippen molar-refractivity contribution in [1.29, 1.82) is 0 Å². The topological polar surface area (TPSA) is 52.6 Å². The minimum Gasteiger partial charge on any atom is -0.478 e. The lowest BCUT2D eigenvalue weighted by molar-refractivity contribution is 0.0697. The van der Waals surface area contributed by atoms with Crippen LogP contribution in [0.3, 0.4) is 0 Å². The molecule has 1 aromatic rings. The van der Waals surface area contributed by atoms with Crippen molar-refractivity contribution >= 4 is 11.7 Å². The van der Waals surface area contributed by atoms with Crippen molar-refractivity contribution in [3.63, 3.8) is 0 Å². The molecule has 1 aromatic carbocycles. The first-order valence-electron chi connectivity index (χ1n) is 7.84.